The number of halogens is 1. The fourth-order valence-corrected chi connectivity index (χ4v) is 2.01. The molecule has 1 N–H and O–H groups in total. The van der Waals surface area contributed by atoms with Gasteiger partial charge in [0.15, 0.2) is 0 Å². The Morgan fingerprint density at radius 2 is 2.10 bits per heavy atom. The van der Waals surface area contributed by atoms with Gasteiger partial charge in [0.05, 0.1) is 6.42 Å². The van der Waals surface area contributed by atoms with Crippen molar-refractivity contribution in [2.45, 2.75) is 32.6 Å². The SMILES string of the molecule is CCN(CCC(=O)O)C(=O)CC(C)c1cccc(F)c1. The molecular weight excluding hydrogens is 261 g/mol. The van der Waals surface area contributed by atoms with Gasteiger partial charge in [-0.15, -0.1) is 0 Å². The molecule has 1 aromatic carbocycles. The van der Waals surface area contributed by atoms with Gasteiger partial charge in [0.2, 0.25) is 5.91 Å². The van der Waals surface area contributed by atoms with Crippen LogP contribution in [0.1, 0.15) is 38.2 Å². The number of benzene rings is 1. The van der Waals surface area contributed by atoms with Gasteiger partial charge in [-0.3, -0.25) is 9.59 Å². The topological polar surface area (TPSA) is 57.6 Å². The van der Waals surface area contributed by atoms with E-state index in [4.69, 9.17) is 5.11 Å². The first-order valence-corrected chi connectivity index (χ1v) is 6.69. The maximum absolute atomic E-state index is 13.1. The number of rotatable bonds is 7. The zero-order chi connectivity index (χ0) is 15.1. The number of aliphatic carboxylic acids is 1. The molecule has 1 rings (SSSR count). The molecule has 20 heavy (non-hydrogen) atoms. The molecule has 0 spiro atoms. The van der Waals surface area contributed by atoms with Crippen molar-refractivity contribution in [1.82, 2.24) is 4.90 Å². The van der Waals surface area contributed by atoms with Gasteiger partial charge in [-0.2, -0.15) is 0 Å². The Labute approximate surface area is 118 Å². The van der Waals surface area contributed by atoms with Gasteiger partial charge in [-0.05, 0) is 30.5 Å². The molecule has 0 fully saturated rings. The molecule has 5 heteroatoms. The number of carboxylic acids is 1. The van der Waals surface area contributed by atoms with E-state index in [0.717, 1.165) is 5.56 Å². The van der Waals surface area contributed by atoms with Crippen LogP contribution in [0.5, 0.6) is 0 Å². The molecule has 0 radical (unpaired) electrons. The third kappa shape index (κ3) is 4.99. The predicted molar refractivity (Wildman–Crippen MR) is 73.9 cm³/mol. The first-order valence-electron chi connectivity index (χ1n) is 6.69. The second-order valence-corrected chi connectivity index (χ2v) is 4.78. The van der Waals surface area contributed by atoms with Crippen LogP contribution in [-0.4, -0.2) is 35.0 Å². The van der Waals surface area contributed by atoms with Gasteiger partial charge in [0.1, 0.15) is 5.82 Å². The Bertz CT molecular complexity index is 476. The van der Waals surface area contributed by atoms with Crippen molar-refractivity contribution in [3.8, 4) is 0 Å². The zero-order valence-electron chi connectivity index (χ0n) is 11.8. The van der Waals surface area contributed by atoms with Gasteiger partial charge in [-0.25, -0.2) is 4.39 Å². The minimum Gasteiger partial charge on any atom is -0.481 e. The molecule has 0 aromatic heterocycles. The second kappa shape index (κ2) is 7.62. The molecule has 1 amide bonds. The van der Waals surface area contributed by atoms with E-state index in [1.54, 1.807) is 12.1 Å². The first-order chi connectivity index (χ1) is 9.43. The molecule has 1 unspecified atom stereocenters. The molecule has 0 aliphatic carbocycles. The highest BCUT2D eigenvalue weighted by Crippen LogP contribution is 2.20. The van der Waals surface area contributed by atoms with E-state index in [9.17, 15) is 14.0 Å². The van der Waals surface area contributed by atoms with Crippen LogP contribution >= 0.6 is 0 Å². The summed E-state index contributed by atoms with van der Waals surface area (Å²) in [5, 5.41) is 8.65. The smallest absolute Gasteiger partial charge is 0.305 e. The molecule has 0 aliphatic rings. The summed E-state index contributed by atoms with van der Waals surface area (Å²) >= 11 is 0. The second-order valence-electron chi connectivity index (χ2n) is 4.78. The Kier molecular flexibility index (Phi) is 6.15. The van der Waals surface area contributed by atoms with Crippen molar-refractivity contribution in [2.75, 3.05) is 13.1 Å². The van der Waals surface area contributed by atoms with Crippen LogP contribution in [0.2, 0.25) is 0 Å². The summed E-state index contributed by atoms with van der Waals surface area (Å²) in [6.45, 7) is 4.35. The minimum atomic E-state index is -0.922. The number of hydrogen-bond acceptors (Lipinski definition) is 2. The van der Waals surface area contributed by atoms with Crippen LogP contribution in [0, 0.1) is 5.82 Å². The third-order valence-electron chi connectivity index (χ3n) is 3.23. The normalized spacial score (nSPS) is 11.9. The summed E-state index contributed by atoms with van der Waals surface area (Å²) in [5.41, 5.74) is 0.771. The fraction of sp³-hybridized carbons (Fsp3) is 0.467. The Morgan fingerprint density at radius 1 is 1.40 bits per heavy atom. The standard InChI is InChI=1S/C15H20FNO3/c1-3-17(8-7-15(19)20)14(18)9-11(2)12-5-4-6-13(16)10-12/h4-6,10-11H,3,7-9H2,1-2H3,(H,19,20). The lowest BCUT2D eigenvalue weighted by Gasteiger charge is -2.22. The Balaban J connectivity index is 2.61. The van der Waals surface area contributed by atoms with E-state index < -0.39 is 5.97 Å². The first kappa shape index (κ1) is 16.1. The largest absolute Gasteiger partial charge is 0.481 e. The van der Waals surface area contributed by atoms with Crippen LogP contribution in [0.15, 0.2) is 24.3 Å². The molecular formula is C15H20FNO3. The van der Waals surface area contributed by atoms with E-state index in [1.165, 1.54) is 17.0 Å². The van der Waals surface area contributed by atoms with Crippen LogP contribution in [0.25, 0.3) is 0 Å². The predicted octanol–water partition coefficient (Wildman–Crippen LogP) is 2.64. The van der Waals surface area contributed by atoms with E-state index in [0.29, 0.717) is 6.54 Å². The molecule has 110 valence electrons. The van der Waals surface area contributed by atoms with Crippen molar-refractivity contribution >= 4 is 11.9 Å². The average Bonchev–Trinajstić information content (AvgIpc) is 2.39. The minimum absolute atomic E-state index is 0.0616. The van der Waals surface area contributed by atoms with Crippen molar-refractivity contribution in [1.29, 1.82) is 0 Å². The molecule has 0 heterocycles. The van der Waals surface area contributed by atoms with Crippen molar-refractivity contribution < 1.29 is 19.1 Å². The summed E-state index contributed by atoms with van der Waals surface area (Å²) in [4.78, 5) is 24.2. The summed E-state index contributed by atoms with van der Waals surface area (Å²) in [5.74, 6) is -1.45. The van der Waals surface area contributed by atoms with Crippen molar-refractivity contribution in [3.63, 3.8) is 0 Å². The molecule has 0 aliphatic heterocycles. The molecule has 0 bridgehead atoms. The Morgan fingerprint density at radius 3 is 2.65 bits per heavy atom. The van der Waals surface area contributed by atoms with Gasteiger partial charge in [-0.1, -0.05) is 19.1 Å². The highest BCUT2D eigenvalue weighted by atomic mass is 19.1. The molecule has 4 nitrogen and oxygen atoms in total. The van der Waals surface area contributed by atoms with Crippen LogP contribution < -0.4 is 0 Å². The maximum Gasteiger partial charge on any atom is 0.305 e. The number of carboxylic acid groups (broad SMARTS) is 1. The lowest BCUT2D eigenvalue weighted by molar-refractivity contribution is -0.138. The van der Waals surface area contributed by atoms with Crippen molar-refractivity contribution in [3.05, 3.63) is 35.6 Å². The van der Waals surface area contributed by atoms with Crippen LogP contribution in [0.3, 0.4) is 0 Å². The van der Waals surface area contributed by atoms with E-state index >= 15 is 0 Å². The third-order valence-corrected chi connectivity index (χ3v) is 3.23. The van der Waals surface area contributed by atoms with Gasteiger partial charge in [0, 0.05) is 19.5 Å². The molecule has 0 saturated heterocycles. The number of carbonyl (C=O) groups excluding carboxylic acids is 1. The number of hydrogen-bond donors (Lipinski definition) is 1. The molecule has 0 saturated carbocycles. The highest BCUT2D eigenvalue weighted by Gasteiger charge is 2.17. The van der Waals surface area contributed by atoms with E-state index in [-0.39, 0.29) is 37.0 Å². The lowest BCUT2D eigenvalue weighted by atomic mass is 9.97. The molecule has 1 atom stereocenters. The fourth-order valence-electron chi connectivity index (χ4n) is 2.01. The van der Waals surface area contributed by atoms with Gasteiger partial charge in [0.25, 0.3) is 0 Å². The summed E-state index contributed by atoms with van der Waals surface area (Å²) in [6, 6.07) is 6.19. The van der Waals surface area contributed by atoms with E-state index in [1.807, 2.05) is 13.8 Å². The summed E-state index contributed by atoms with van der Waals surface area (Å²) in [6.07, 6.45) is 0.185. The van der Waals surface area contributed by atoms with E-state index in [2.05, 4.69) is 0 Å². The van der Waals surface area contributed by atoms with Crippen LogP contribution in [-0.2, 0) is 9.59 Å². The lowest BCUT2D eigenvalue weighted by Crippen LogP contribution is -2.33. The monoisotopic (exact) mass is 281 g/mol. The highest BCUT2D eigenvalue weighted by molar-refractivity contribution is 5.77. The quantitative estimate of drug-likeness (QED) is 0.836. The summed E-state index contributed by atoms with van der Waals surface area (Å²) < 4.78 is 13.1. The number of nitrogens with zero attached hydrogens (tertiary/aromatic N) is 1. The van der Waals surface area contributed by atoms with Gasteiger partial charge >= 0.3 is 5.97 Å². The Hall–Kier alpha value is -1.91. The van der Waals surface area contributed by atoms with Crippen LogP contribution in [0.4, 0.5) is 4.39 Å². The average molecular weight is 281 g/mol. The maximum atomic E-state index is 13.1. The number of amides is 1. The zero-order valence-corrected chi connectivity index (χ0v) is 11.8. The molecule has 1 aromatic rings. The summed E-state index contributed by atoms with van der Waals surface area (Å²) in [7, 11) is 0. The van der Waals surface area contributed by atoms with Crippen molar-refractivity contribution in [2.24, 2.45) is 0 Å². The van der Waals surface area contributed by atoms with Gasteiger partial charge < -0.3 is 10.0 Å². The number of carbonyl (C=O) groups is 2.